The average Bonchev–Trinajstić information content (AvgIpc) is 2.67. The molecule has 1 amide bonds. The second-order valence-electron chi connectivity index (χ2n) is 7.44. The highest BCUT2D eigenvalue weighted by Crippen LogP contribution is 2.22. The largest absolute Gasteiger partial charge is 0.356 e. The smallest absolute Gasteiger partial charge is 0.273 e. The topological polar surface area (TPSA) is 49.3 Å². The third-order valence-electron chi connectivity index (χ3n) is 5.06. The van der Waals surface area contributed by atoms with Crippen molar-refractivity contribution in [3.63, 3.8) is 0 Å². The number of amides is 1. The third kappa shape index (κ3) is 4.40. The van der Waals surface area contributed by atoms with Crippen molar-refractivity contribution in [2.75, 3.05) is 18.0 Å². The molecule has 1 aromatic carbocycles. The van der Waals surface area contributed by atoms with E-state index in [-0.39, 0.29) is 11.9 Å². The number of piperidine rings is 1. The Morgan fingerprint density at radius 2 is 1.88 bits per heavy atom. The van der Waals surface area contributed by atoms with Crippen LogP contribution >= 0.6 is 0 Å². The molecule has 138 valence electrons. The van der Waals surface area contributed by atoms with Crippen molar-refractivity contribution in [1.29, 1.82) is 0 Å². The van der Waals surface area contributed by atoms with E-state index in [0.29, 0.717) is 12.2 Å². The van der Waals surface area contributed by atoms with Crippen molar-refractivity contribution in [3.8, 4) is 0 Å². The van der Waals surface area contributed by atoms with E-state index in [9.17, 15) is 4.79 Å². The molecule has 0 unspecified atom stereocenters. The van der Waals surface area contributed by atoms with Gasteiger partial charge in [0.05, 0.1) is 0 Å². The van der Waals surface area contributed by atoms with Crippen molar-refractivity contribution in [3.05, 3.63) is 54.0 Å². The molecule has 3 rings (SSSR count). The number of benzene rings is 1. The number of nitrogens with zero attached hydrogens (tertiary/aromatic N) is 4. The van der Waals surface area contributed by atoms with Crippen LogP contribution in [0.15, 0.2) is 42.7 Å². The third-order valence-corrected chi connectivity index (χ3v) is 5.06. The molecular weight excluding hydrogens is 324 g/mol. The molecule has 5 nitrogen and oxygen atoms in total. The normalized spacial score (nSPS) is 15.3. The monoisotopic (exact) mass is 352 g/mol. The van der Waals surface area contributed by atoms with Crippen LogP contribution in [0.4, 0.5) is 5.82 Å². The zero-order valence-corrected chi connectivity index (χ0v) is 15.9. The number of carbonyl (C=O) groups excluding carboxylic acids is 1. The fourth-order valence-electron chi connectivity index (χ4n) is 3.29. The second-order valence-corrected chi connectivity index (χ2v) is 7.44. The summed E-state index contributed by atoms with van der Waals surface area (Å²) < 4.78 is 0. The van der Waals surface area contributed by atoms with E-state index in [1.54, 1.807) is 0 Å². The molecule has 1 fully saturated rings. The van der Waals surface area contributed by atoms with E-state index >= 15 is 0 Å². The van der Waals surface area contributed by atoms with Gasteiger partial charge in [-0.05, 0) is 38.2 Å². The van der Waals surface area contributed by atoms with Gasteiger partial charge in [-0.25, -0.2) is 9.97 Å². The molecule has 1 aromatic heterocycles. The van der Waals surface area contributed by atoms with Crippen LogP contribution in [0.5, 0.6) is 0 Å². The quantitative estimate of drug-likeness (QED) is 0.822. The van der Waals surface area contributed by atoms with Gasteiger partial charge in [-0.2, -0.15) is 0 Å². The van der Waals surface area contributed by atoms with Gasteiger partial charge >= 0.3 is 0 Å². The Morgan fingerprint density at radius 1 is 1.19 bits per heavy atom. The molecular formula is C21H28N4O. The molecule has 0 N–H and O–H groups in total. The van der Waals surface area contributed by atoms with Gasteiger partial charge in [0, 0.05) is 31.7 Å². The Hall–Kier alpha value is -2.43. The second kappa shape index (κ2) is 8.30. The molecule has 0 saturated carbocycles. The van der Waals surface area contributed by atoms with Gasteiger partial charge in [-0.15, -0.1) is 0 Å². The number of aromatic nitrogens is 2. The molecule has 2 aromatic rings. The zero-order chi connectivity index (χ0) is 18.5. The van der Waals surface area contributed by atoms with Crippen LogP contribution < -0.4 is 4.90 Å². The Bertz CT molecular complexity index is 724. The molecule has 1 aliphatic rings. The molecule has 0 bridgehead atoms. The summed E-state index contributed by atoms with van der Waals surface area (Å²) in [5, 5.41) is 0. The highest BCUT2D eigenvalue weighted by Gasteiger charge is 2.23. The summed E-state index contributed by atoms with van der Waals surface area (Å²) in [5.41, 5.74) is 1.59. The molecule has 0 aliphatic carbocycles. The van der Waals surface area contributed by atoms with Crippen LogP contribution in [0.3, 0.4) is 0 Å². The fourth-order valence-corrected chi connectivity index (χ4v) is 3.29. The molecule has 1 saturated heterocycles. The summed E-state index contributed by atoms with van der Waals surface area (Å²) in [6.07, 6.45) is 3.85. The molecule has 2 heterocycles. The van der Waals surface area contributed by atoms with Crippen LogP contribution in [0.25, 0.3) is 0 Å². The maximum atomic E-state index is 13.1. The van der Waals surface area contributed by atoms with E-state index in [4.69, 9.17) is 0 Å². The molecule has 0 spiro atoms. The summed E-state index contributed by atoms with van der Waals surface area (Å²) in [7, 11) is 0. The molecule has 0 radical (unpaired) electrons. The van der Waals surface area contributed by atoms with Crippen LogP contribution in [0, 0.1) is 5.92 Å². The maximum Gasteiger partial charge on any atom is 0.273 e. The Kier molecular flexibility index (Phi) is 5.86. The predicted octanol–water partition coefficient (Wildman–Crippen LogP) is 3.76. The summed E-state index contributed by atoms with van der Waals surface area (Å²) in [6, 6.07) is 12.0. The number of anilines is 1. The fraction of sp³-hybridized carbons (Fsp3) is 0.476. The van der Waals surface area contributed by atoms with E-state index in [2.05, 4.69) is 21.8 Å². The van der Waals surface area contributed by atoms with E-state index < -0.39 is 0 Å². The lowest BCUT2D eigenvalue weighted by atomic mass is 9.99. The number of hydrogen-bond donors (Lipinski definition) is 0. The molecule has 5 heteroatoms. The average molecular weight is 352 g/mol. The van der Waals surface area contributed by atoms with Gasteiger partial charge in [0.25, 0.3) is 5.91 Å². The SMILES string of the molecule is CC1CCN(c2cc(C(=O)N(Cc3ccccc3)C(C)C)ncn2)CC1. The van der Waals surface area contributed by atoms with Crippen molar-refractivity contribution >= 4 is 11.7 Å². The lowest BCUT2D eigenvalue weighted by molar-refractivity contribution is 0.0684. The Balaban J connectivity index is 1.78. The van der Waals surface area contributed by atoms with Gasteiger partial charge in [0.15, 0.2) is 0 Å². The number of hydrogen-bond acceptors (Lipinski definition) is 4. The molecule has 0 atom stereocenters. The Labute approximate surface area is 156 Å². The highest BCUT2D eigenvalue weighted by atomic mass is 16.2. The lowest BCUT2D eigenvalue weighted by Gasteiger charge is -2.31. The van der Waals surface area contributed by atoms with Crippen LogP contribution in [0.1, 0.15) is 49.7 Å². The first kappa shape index (κ1) is 18.4. The summed E-state index contributed by atoms with van der Waals surface area (Å²) >= 11 is 0. The van der Waals surface area contributed by atoms with Crippen molar-refractivity contribution in [1.82, 2.24) is 14.9 Å². The van der Waals surface area contributed by atoms with E-state index in [0.717, 1.165) is 30.4 Å². The van der Waals surface area contributed by atoms with Crippen molar-refractivity contribution in [2.45, 2.75) is 46.2 Å². The zero-order valence-electron chi connectivity index (χ0n) is 15.9. The van der Waals surface area contributed by atoms with Gasteiger partial charge in [-0.3, -0.25) is 4.79 Å². The van der Waals surface area contributed by atoms with Crippen LogP contribution in [-0.2, 0) is 6.54 Å². The lowest BCUT2D eigenvalue weighted by Crippen LogP contribution is -2.37. The number of carbonyl (C=O) groups is 1. The molecule has 26 heavy (non-hydrogen) atoms. The van der Waals surface area contributed by atoms with Gasteiger partial charge in [-0.1, -0.05) is 37.3 Å². The number of rotatable bonds is 5. The van der Waals surface area contributed by atoms with Gasteiger partial charge in [0.1, 0.15) is 17.8 Å². The van der Waals surface area contributed by atoms with Crippen LogP contribution in [-0.4, -0.2) is 39.9 Å². The minimum atomic E-state index is -0.0436. The van der Waals surface area contributed by atoms with E-state index in [1.165, 1.54) is 19.2 Å². The first-order chi connectivity index (χ1) is 12.5. The van der Waals surface area contributed by atoms with Gasteiger partial charge < -0.3 is 9.80 Å². The summed E-state index contributed by atoms with van der Waals surface area (Å²) in [6.45, 7) is 8.92. The van der Waals surface area contributed by atoms with E-state index in [1.807, 2.05) is 55.1 Å². The standard InChI is InChI=1S/C21H28N4O/c1-16(2)25(14-18-7-5-4-6-8-18)21(26)19-13-20(23-15-22-19)24-11-9-17(3)10-12-24/h4-8,13,15-17H,9-12,14H2,1-3H3. The van der Waals surface area contributed by atoms with Crippen molar-refractivity contribution < 1.29 is 4.79 Å². The predicted molar refractivity (Wildman–Crippen MR) is 104 cm³/mol. The summed E-state index contributed by atoms with van der Waals surface area (Å²) in [4.78, 5) is 25.9. The van der Waals surface area contributed by atoms with Gasteiger partial charge in [0.2, 0.25) is 0 Å². The minimum absolute atomic E-state index is 0.0436. The maximum absolute atomic E-state index is 13.1. The Morgan fingerprint density at radius 3 is 2.54 bits per heavy atom. The highest BCUT2D eigenvalue weighted by molar-refractivity contribution is 5.93. The van der Waals surface area contributed by atoms with Crippen molar-refractivity contribution in [2.24, 2.45) is 5.92 Å². The molecule has 1 aliphatic heterocycles. The first-order valence-corrected chi connectivity index (χ1v) is 9.46. The van der Waals surface area contributed by atoms with Crippen LogP contribution in [0.2, 0.25) is 0 Å². The first-order valence-electron chi connectivity index (χ1n) is 9.46. The minimum Gasteiger partial charge on any atom is -0.356 e. The summed E-state index contributed by atoms with van der Waals surface area (Å²) in [5.74, 6) is 1.58.